The fourth-order valence-corrected chi connectivity index (χ4v) is 3.84. The predicted molar refractivity (Wildman–Crippen MR) is 125 cm³/mol. The van der Waals surface area contributed by atoms with E-state index in [1.165, 1.54) is 36.4 Å². The van der Waals surface area contributed by atoms with Crippen LogP contribution >= 0.6 is 34.8 Å². The zero-order valence-corrected chi connectivity index (χ0v) is 19.6. The van der Waals surface area contributed by atoms with Crippen LogP contribution in [0, 0.1) is 6.92 Å². The summed E-state index contributed by atoms with van der Waals surface area (Å²) in [6.45, 7) is 1.63. The van der Waals surface area contributed by atoms with Crippen molar-refractivity contribution in [1.29, 1.82) is 0 Å². The van der Waals surface area contributed by atoms with E-state index in [2.05, 4.69) is 0 Å². The number of aryl methyl sites for hydroxylation is 1. The van der Waals surface area contributed by atoms with Gasteiger partial charge in [-0.1, -0.05) is 46.9 Å². The Morgan fingerprint density at radius 2 is 1.68 bits per heavy atom. The molecule has 4 aromatic rings. The SMILES string of the molecule is Cc1cccc(Oc2c(C(F)(F)F)oc3cc(OCc4c(Cl)ccc(Cl)c4Cl)ccc3c2=O)c1. The van der Waals surface area contributed by atoms with Gasteiger partial charge in [-0.3, -0.25) is 4.79 Å². The van der Waals surface area contributed by atoms with E-state index in [1.54, 1.807) is 25.1 Å². The summed E-state index contributed by atoms with van der Waals surface area (Å²) >= 11 is 18.3. The van der Waals surface area contributed by atoms with Gasteiger partial charge in [0.1, 0.15) is 23.7 Å². The van der Waals surface area contributed by atoms with Gasteiger partial charge in [0.15, 0.2) is 0 Å². The maximum absolute atomic E-state index is 13.7. The summed E-state index contributed by atoms with van der Waals surface area (Å²) in [7, 11) is 0. The van der Waals surface area contributed by atoms with Crippen LogP contribution in [0.2, 0.25) is 15.1 Å². The number of ether oxygens (including phenoxy) is 2. The molecule has 4 rings (SSSR count). The van der Waals surface area contributed by atoms with Crippen molar-refractivity contribution in [1.82, 2.24) is 0 Å². The largest absolute Gasteiger partial charge is 0.489 e. The Morgan fingerprint density at radius 1 is 0.941 bits per heavy atom. The Bertz CT molecular complexity index is 1450. The molecule has 0 unspecified atom stereocenters. The highest BCUT2D eigenvalue weighted by Crippen LogP contribution is 2.39. The van der Waals surface area contributed by atoms with Crippen molar-refractivity contribution < 1.29 is 27.1 Å². The van der Waals surface area contributed by atoms with Crippen LogP contribution in [0.15, 0.2) is 63.8 Å². The number of alkyl halides is 3. The van der Waals surface area contributed by atoms with Crippen molar-refractivity contribution >= 4 is 45.8 Å². The number of benzene rings is 3. The first-order valence-corrected chi connectivity index (χ1v) is 10.9. The fourth-order valence-electron chi connectivity index (χ4n) is 3.18. The Balaban J connectivity index is 1.74. The third kappa shape index (κ3) is 4.97. The molecule has 1 aromatic heterocycles. The lowest BCUT2D eigenvalue weighted by atomic mass is 10.2. The van der Waals surface area contributed by atoms with Gasteiger partial charge in [-0.15, -0.1) is 0 Å². The van der Waals surface area contributed by atoms with Crippen molar-refractivity contribution in [3.05, 3.63) is 96.8 Å². The highest BCUT2D eigenvalue weighted by atomic mass is 35.5. The Labute approximate surface area is 206 Å². The minimum absolute atomic E-state index is 0.0763. The van der Waals surface area contributed by atoms with Crippen LogP contribution in [0.4, 0.5) is 13.2 Å². The van der Waals surface area contributed by atoms with Gasteiger partial charge in [0.2, 0.25) is 11.2 Å². The summed E-state index contributed by atoms with van der Waals surface area (Å²) in [6.07, 6.45) is -4.98. The fraction of sp³-hybridized carbons (Fsp3) is 0.125. The molecule has 0 aliphatic carbocycles. The lowest BCUT2D eigenvalue weighted by Crippen LogP contribution is -2.15. The molecule has 1 heterocycles. The average molecular weight is 530 g/mol. The maximum atomic E-state index is 13.7. The second kappa shape index (κ2) is 9.41. The molecule has 34 heavy (non-hydrogen) atoms. The molecule has 0 saturated heterocycles. The van der Waals surface area contributed by atoms with E-state index in [1.807, 2.05) is 0 Å². The monoisotopic (exact) mass is 528 g/mol. The smallest absolute Gasteiger partial charge is 0.453 e. The van der Waals surface area contributed by atoms with Crippen molar-refractivity contribution in [2.75, 3.05) is 0 Å². The van der Waals surface area contributed by atoms with Crippen molar-refractivity contribution in [2.45, 2.75) is 19.7 Å². The minimum Gasteiger partial charge on any atom is -0.489 e. The number of hydrogen-bond acceptors (Lipinski definition) is 4. The van der Waals surface area contributed by atoms with E-state index in [-0.39, 0.29) is 39.1 Å². The van der Waals surface area contributed by atoms with Gasteiger partial charge in [0.05, 0.1) is 15.4 Å². The first kappa shape index (κ1) is 24.3. The normalized spacial score (nSPS) is 11.6. The molecule has 0 spiro atoms. The van der Waals surface area contributed by atoms with Gasteiger partial charge < -0.3 is 13.9 Å². The molecule has 3 aromatic carbocycles. The van der Waals surface area contributed by atoms with Crippen LogP contribution in [0.25, 0.3) is 11.0 Å². The van der Waals surface area contributed by atoms with E-state index in [9.17, 15) is 18.0 Å². The molecule has 0 atom stereocenters. The van der Waals surface area contributed by atoms with Gasteiger partial charge >= 0.3 is 6.18 Å². The predicted octanol–water partition coefficient (Wildman–Crippen LogP) is 8.45. The van der Waals surface area contributed by atoms with Crippen LogP contribution in [-0.4, -0.2) is 0 Å². The summed E-state index contributed by atoms with van der Waals surface area (Å²) in [5, 5.41) is 0.657. The molecule has 0 bridgehead atoms. The number of halogens is 6. The van der Waals surface area contributed by atoms with Crippen LogP contribution < -0.4 is 14.9 Å². The van der Waals surface area contributed by atoms with Crippen LogP contribution in [-0.2, 0) is 12.8 Å². The molecule has 0 aliphatic rings. The molecule has 0 radical (unpaired) electrons. The molecule has 0 N–H and O–H groups in total. The number of rotatable bonds is 5. The highest BCUT2D eigenvalue weighted by molar-refractivity contribution is 6.44. The van der Waals surface area contributed by atoms with E-state index in [0.29, 0.717) is 10.6 Å². The maximum Gasteiger partial charge on any atom is 0.453 e. The van der Waals surface area contributed by atoms with E-state index < -0.39 is 23.1 Å². The molecule has 0 saturated carbocycles. The topological polar surface area (TPSA) is 48.7 Å². The van der Waals surface area contributed by atoms with Crippen LogP contribution in [0.5, 0.6) is 17.2 Å². The zero-order chi connectivity index (χ0) is 24.6. The molecule has 0 amide bonds. The van der Waals surface area contributed by atoms with Gasteiger partial charge in [-0.25, -0.2) is 0 Å². The van der Waals surface area contributed by atoms with Crippen molar-refractivity contribution in [3.8, 4) is 17.2 Å². The Kier molecular flexibility index (Phi) is 6.71. The molecule has 176 valence electrons. The molecule has 4 nitrogen and oxygen atoms in total. The first-order chi connectivity index (χ1) is 16.0. The number of hydrogen-bond donors (Lipinski definition) is 0. The highest BCUT2D eigenvalue weighted by Gasteiger charge is 2.40. The standard InChI is InChI=1S/C24H14Cl3F3O4/c1-12-3-2-4-14(9-12)33-22-21(31)15-6-5-13(10-19(15)34-23(22)24(28,29)30)32-11-16-17(25)7-8-18(26)20(16)27/h2-10H,11H2,1H3. The second-order valence-electron chi connectivity index (χ2n) is 7.27. The summed E-state index contributed by atoms with van der Waals surface area (Å²) in [5.41, 5.74) is -0.148. The third-order valence-corrected chi connectivity index (χ3v) is 6.01. The van der Waals surface area contributed by atoms with Crippen LogP contribution in [0.1, 0.15) is 16.9 Å². The first-order valence-electron chi connectivity index (χ1n) is 9.72. The summed E-state index contributed by atoms with van der Waals surface area (Å²) in [4.78, 5) is 12.9. The lowest BCUT2D eigenvalue weighted by Gasteiger charge is -2.14. The molecule has 10 heteroatoms. The molecule has 0 fully saturated rings. The summed E-state index contributed by atoms with van der Waals surface area (Å²) < 4.78 is 57.3. The van der Waals surface area contributed by atoms with Gasteiger partial charge in [-0.05, 0) is 48.9 Å². The quantitative estimate of drug-likeness (QED) is 0.243. The van der Waals surface area contributed by atoms with Crippen LogP contribution in [0.3, 0.4) is 0 Å². The van der Waals surface area contributed by atoms with Gasteiger partial charge in [0, 0.05) is 16.7 Å². The zero-order valence-electron chi connectivity index (χ0n) is 17.3. The Morgan fingerprint density at radius 3 is 2.38 bits per heavy atom. The van der Waals surface area contributed by atoms with E-state index in [4.69, 9.17) is 48.7 Å². The molecular weight excluding hydrogens is 516 g/mol. The number of fused-ring (bicyclic) bond motifs is 1. The summed E-state index contributed by atoms with van der Waals surface area (Å²) in [6, 6.07) is 13.2. The van der Waals surface area contributed by atoms with Crippen molar-refractivity contribution in [3.63, 3.8) is 0 Å². The molecule has 0 aliphatic heterocycles. The summed E-state index contributed by atoms with van der Waals surface area (Å²) in [5.74, 6) is -2.29. The molecular formula is C24H14Cl3F3O4. The Hall–Kier alpha value is -2.87. The van der Waals surface area contributed by atoms with Gasteiger partial charge in [-0.2, -0.15) is 13.2 Å². The average Bonchev–Trinajstić information content (AvgIpc) is 2.77. The van der Waals surface area contributed by atoms with E-state index in [0.717, 1.165) is 5.56 Å². The van der Waals surface area contributed by atoms with Gasteiger partial charge in [0.25, 0.3) is 5.76 Å². The third-order valence-electron chi connectivity index (χ3n) is 4.81. The second-order valence-corrected chi connectivity index (χ2v) is 8.47. The lowest BCUT2D eigenvalue weighted by molar-refractivity contribution is -0.154. The minimum atomic E-state index is -4.98. The van der Waals surface area contributed by atoms with E-state index >= 15 is 0 Å². The van der Waals surface area contributed by atoms with Crippen molar-refractivity contribution in [2.24, 2.45) is 0 Å².